The second kappa shape index (κ2) is 7.43. The molecule has 0 atom stereocenters. The van der Waals surface area contributed by atoms with Crippen molar-refractivity contribution in [3.63, 3.8) is 0 Å². The van der Waals surface area contributed by atoms with E-state index in [9.17, 15) is 5.11 Å². The lowest BCUT2D eigenvalue weighted by molar-refractivity contribution is 0.185. The highest BCUT2D eigenvalue weighted by molar-refractivity contribution is 5.68. The van der Waals surface area contributed by atoms with Crippen LogP contribution < -0.4 is 0 Å². The Morgan fingerprint density at radius 1 is 0.704 bits per heavy atom. The first kappa shape index (κ1) is 17.0. The van der Waals surface area contributed by atoms with Crippen LogP contribution in [0.15, 0.2) is 77.2 Å². The Labute approximate surface area is 156 Å². The number of phenolic OH excluding ortho intramolecular Hbond substituents is 1. The summed E-state index contributed by atoms with van der Waals surface area (Å²) in [5.41, 5.74) is 4.89. The van der Waals surface area contributed by atoms with Crippen LogP contribution in [0.2, 0.25) is 0 Å². The number of hydrogen-bond acceptors (Lipinski definition) is 5. The molecule has 5 nitrogen and oxygen atoms in total. The van der Waals surface area contributed by atoms with E-state index in [4.69, 9.17) is 9.15 Å². The van der Waals surface area contributed by atoms with Crippen molar-refractivity contribution in [2.45, 2.75) is 6.61 Å². The van der Waals surface area contributed by atoms with Gasteiger partial charge in [-0.2, -0.15) is 0 Å². The molecule has 27 heavy (non-hydrogen) atoms. The van der Waals surface area contributed by atoms with Crippen LogP contribution in [0.3, 0.4) is 0 Å². The van der Waals surface area contributed by atoms with E-state index >= 15 is 0 Å². The molecular weight excluding hydrogens is 340 g/mol. The zero-order valence-electron chi connectivity index (χ0n) is 14.8. The second-order valence-corrected chi connectivity index (χ2v) is 6.17. The number of phenols is 1. The quantitative estimate of drug-likeness (QED) is 0.548. The number of benzene rings is 3. The van der Waals surface area contributed by atoms with Crippen molar-refractivity contribution in [2.24, 2.45) is 0 Å². The number of nitrogens with zero attached hydrogens (tertiary/aromatic N) is 2. The van der Waals surface area contributed by atoms with Crippen LogP contribution in [0.1, 0.15) is 5.56 Å². The molecule has 0 spiro atoms. The van der Waals surface area contributed by atoms with Gasteiger partial charge in [-0.3, -0.25) is 0 Å². The summed E-state index contributed by atoms with van der Waals surface area (Å²) in [6.45, 7) is 0.572. The Morgan fingerprint density at radius 2 is 1.15 bits per heavy atom. The molecule has 0 unspecified atom stereocenters. The van der Waals surface area contributed by atoms with Gasteiger partial charge in [0.25, 0.3) is 0 Å². The molecule has 0 amide bonds. The lowest BCUT2D eigenvalue weighted by atomic mass is 10.0. The zero-order chi connectivity index (χ0) is 18.6. The molecule has 1 aromatic heterocycles. The predicted molar refractivity (Wildman–Crippen MR) is 103 cm³/mol. The van der Waals surface area contributed by atoms with E-state index in [-0.39, 0.29) is 5.75 Å². The molecule has 1 N–H and O–H groups in total. The van der Waals surface area contributed by atoms with Crippen molar-refractivity contribution >= 4 is 0 Å². The van der Waals surface area contributed by atoms with Gasteiger partial charge in [0.1, 0.15) is 5.75 Å². The van der Waals surface area contributed by atoms with Gasteiger partial charge in [0.15, 0.2) is 0 Å². The van der Waals surface area contributed by atoms with E-state index in [0.717, 1.165) is 27.8 Å². The van der Waals surface area contributed by atoms with E-state index in [1.54, 1.807) is 19.2 Å². The summed E-state index contributed by atoms with van der Waals surface area (Å²) < 4.78 is 10.9. The van der Waals surface area contributed by atoms with E-state index in [0.29, 0.717) is 18.4 Å². The molecule has 0 bridgehead atoms. The number of ether oxygens (including phenoxy) is 1. The average Bonchev–Trinajstić information content (AvgIpc) is 3.20. The van der Waals surface area contributed by atoms with Crippen LogP contribution in [0.4, 0.5) is 0 Å². The van der Waals surface area contributed by atoms with Gasteiger partial charge < -0.3 is 14.3 Å². The summed E-state index contributed by atoms with van der Waals surface area (Å²) in [6, 6.07) is 22.8. The van der Waals surface area contributed by atoms with Crippen LogP contribution in [-0.4, -0.2) is 22.4 Å². The lowest BCUT2D eigenvalue weighted by Crippen LogP contribution is -1.86. The third-order valence-electron chi connectivity index (χ3n) is 4.27. The van der Waals surface area contributed by atoms with Gasteiger partial charge in [-0.15, -0.1) is 10.2 Å². The molecule has 0 fully saturated rings. The number of hydrogen-bond donors (Lipinski definition) is 1. The van der Waals surface area contributed by atoms with Crippen molar-refractivity contribution in [2.75, 3.05) is 7.11 Å². The third kappa shape index (κ3) is 3.73. The molecule has 0 radical (unpaired) electrons. The minimum Gasteiger partial charge on any atom is -0.508 e. The number of aromatic nitrogens is 2. The Morgan fingerprint density at radius 3 is 1.67 bits per heavy atom. The van der Waals surface area contributed by atoms with Gasteiger partial charge >= 0.3 is 0 Å². The van der Waals surface area contributed by atoms with Crippen molar-refractivity contribution in [3.8, 4) is 39.8 Å². The Bertz CT molecular complexity index is 1020. The van der Waals surface area contributed by atoms with E-state index in [2.05, 4.69) is 10.2 Å². The van der Waals surface area contributed by atoms with Gasteiger partial charge in [-0.1, -0.05) is 36.4 Å². The van der Waals surface area contributed by atoms with Gasteiger partial charge in [-0.05, 0) is 53.1 Å². The number of rotatable bonds is 5. The van der Waals surface area contributed by atoms with Crippen molar-refractivity contribution in [3.05, 3.63) is 78.4 Å². The summed E-state index contributed by atoms with van der Waals surface area (Å²) in [4.78, 5) is 0. The maximum absolute atomic E-state index is 9.40. The van der Waals surface area contributed by atoms with Gasteiger partial charge in [0.2, 0.25) is 11.8 Å². The maximum Gasteiger partial charge on any atom is 0.248 e. The number of aromatic hydroxyl groups is 1. The van der Waals surface area contributed by atoms with Crippen molar-refractivity contribution in [1.82, 2.24) is 10.2 Å². The monoisotopic (exact) mass is 358 g/mol. The molecular formula is C22H18N2O3. The second-order valence-electron chi connectivity index (χ2n) is 6.17. The first-order valence-corrected chi connectivity index (χ1v) is 8.54. The summed E-state index contributed by atoms with van der Waals surface area (Å²) in [5.74, 6) is 1.21. The molecule has 4 rings (SSSR count). The topological polar surface area (TPSA) is 68.4 Å². The standard InChI is InChI=1S/C22H18N2O3/c1-26-14-15-2-4-18(5-3-15)21-23-24-22(27-21)19-8-6-16(7-9-19)17-10-12-20(25)13-11-17/h2-13,25H,14H2,1H3. The van der Waals surface area contributed by atoms with Gasteiger partial charge in [-0.25, -0.2) is 0 Å². The van der Waals surface area contributed by atoms with Crippen molar-refractivity contribution < 1.29 is 14.3 Å². The Balaban J connectivity index is 1.55. The molecule has 134 valence electrons. The minimum atomic E-state index is 0.254. The predicted octanol–water partition coefficient (Wildman–Crippen LogP) is 4.92. The van der Waals surface area contributed by atoms with Crippen LogP contribution in [0, 0.1) is 0 Å². The largest absolute Gasteiger partial charge is 0.508 e. The van der Waals surface area contributed by atoms with E-state index in [1.807, 2.05) is 60.7 Å². The zero-order valence-corrected chi connectivity index (χ0v) is 14.8. The fourth-order valence-electron chi connectivity index (χ4n) is 2.83. The molecule has 5 heteroatoms. The molecule has 0 aliphatic heterocycles. The lowest BCUT2D eigenvalue weighted by Gasteiger charge is -2.03. The third-order valence-corrected chi connectivity index (χ3v) is 4.27. The highest BCUT2D eigenvalue weighted by Crippen LogP contribution is 2.27. The fraction of sp³-hybridized carbons (Fsp3) is 0.0909. The normalized spacial score (nSPS) is 10.9. The molecule has 0 saturated carbocycles. The first-order chi connectivity index (χ1) is 13.2. The van der Waals surface area contributed by atoms with Crippen LogP contribution in [0.25, 0.3) is 34.0 Å². The minimum absolute atomic E-state index is 0.254. The average molecular weight is 358 g/mol. The highest BCUT2D eigenvalue weighted by atomic mass is 16.5. The Kier molecular flexibility index (Phi) is 4.68. The molecule has 0 saturated heterocycles. The molecule has 0 aliphatic rings. The smallest absolute Gasteiger partial charge is 0.248 e. The van der Waals surface area contributed by atoms with Crippen LogP contribution in [0.5, 0.6) is 5.75 Å². The van der Waals surface area contributed by atoms with E-state index in [1.165, 1.54) is 0 Å². The van der Waals surface area contributed by atoms with Gasteiger partial charge in [0.05, 0.1) is 6.61 Å². The molecule has 3 aromatic carbocycles. The highest BCUT2D eigenvalue weighted by Gasteiger charge is 2.11. The Hall–Kier alpha value is -3.44. The summed E-state index contributed by atoms with van der Waals surface area (Å²) in [6.07, 6.45) is 0. The summed E-state index contributed by atoms with van der Waals surface area (Å²) in [5, 5.41) is 17.7. The summed E-state index contributed by atoms with van der Waals surface area (Å²) in [7, 11) is 1.67. The first-order valence-electron chi connectivity index (χ1n) is 8.54. The molecule has 0 aliphatic carbocycles. The fourth-order valence-corrected chi connectivity index (χ4v) is 2.83. The van der Waals surface area contributed by atoms with Crippen LogP contribution in [-0.2, 0) is 11.3 Å². The van der Waals surface area contributed by atoms with E-state index < -0.39 is 0 Å². The van der Waals surface area contributed by atoms with Crippen molar-refractivity contribution in [1.29, 1.82) is 0 Å². The number of methoxy groups -OCH3 is 1. The SMILES string of the molecule is COCc1ccc(-c2nnc(-c3ccc(-c4ccc(O)cc4)cc3)o2)cc1. The summed E-state index contributed by atoms with van der Waals surface area (Å²) >= 11 is 0. The maximum atomic E-state index is 9.40. The van der Waals surface area contributed by atoms with Crippen LogP contribution >= 0.6 is 0 Å². The molecule has 4 aromatic rings. The van der Waals surface area contributed by atoms with Gasteiger partial charge in [0, 0.05) is 18.2 Å². The molecule has 1 heterocycles.